The first-order valence-electron chi connectivity index (χ1n) is 6.40. The lowest BCUT2D eigenvalue weighted by Gasteiger charge is -2.28. The molecule has 0 saturated heterocycles. The highest BCUT2D eigenvalue weighted by atomic mass is 16.3. The van der Waals surface area contributed by atoms with Crippen LogP contribution in [0.3, 0.4) is 0 Å². The van der Waals surface area contributed by atoms with Gasteiger partial charge in [0.1, 0.15) is 0 Å². The van der Waals surface area contributed by atoms with Gasteiger partial charge in [-0.2, -0.15) is 0 Å². The summed E-state index contributed by atoms with van der Waals surface area (Å²) in [5.41, 5.74) is 0. The summed E-state index contributed by atoms with van der Waals surface area (Å²) in [5.74, 6) is 0.517. The Morgan fingerprint density at radius 2 is 2.12 bits per heavy atom. The lowest BCUT2D eigenvalue weighted by molar-refractivity contribution is -0.123. The monoisotopic (exact) mass is 223 g/mol. The van der Waals surface area contributed by atoms with Crippen LogP contribution < -0.4 is 5.32 Å². The number of hydrogen-bond acceptors (Lipinski definition) is 2. The number of carbonyl (C=O) groups excluding carboxylic acids is 1. The minimum Gasteiger partial charge on any atom is -0.391 e. The molecule has 2 aliphatic rings. The number of rotatable bonds is 3. The van der Waals surface area contributed by atoms with E-state index in [-0.39, 0.29) is 18.1 Å². The maximum Gasteiger partial charge on any atom is 0.220 e. The number of amides is 1. The van der Waals surface area contributed by atoms with Crippen molar-refractivity contribution in [2.75, 3.05) is 0 Å². The van der Waals surface area contributed by atoms with Gasteiger partial charge in [0.15, 0.2) is 0 Å². The van der Waals surface area contributed by atoms with E-state index in [1.807, 2.05) is 0 Å². The fraction of sp³-hybridized carbons (Fsp3) is 0.769. The van der Waals surface area contributed by atoms with Crippen LogP contribution in [0.15, 0.2) is 12.2 Å². The number of allylic oxidation sites excluding steroid dienone is 2. The molecule has 1 saturated carbocycles. The number of carbonyl (C=O) groups is 1. The highest BCUT2D eigenvalue weighted by Gasteiger charge is 2.25. The number of aliphatic hydroxyl groups is 1. The van der Waals surface area contributed by atoms with Crippen LogP contribution in [0.2, 0.25) is 0 Å². The molecule has 0 aliphatic heterocycles. The molecular formula is C13H21NO2. The van der Waals surface area contributed by atoms with Crippen LogP contribution in [-0.2, 0) is 4.79 Å². The van der Waals surface area contributed by atoms with Crippen molar-refractivity contribution < 1.29 is 9.90 Å². The van der Waals surface area contributed by atoms with Gasteiger partial charge in [0.2, 0.25) is 5.91 Å². The van der Waals surface area contributed by atoms with Crippen molar-refractivity contribution in [3.05, 3.63) is 12.2 Å². The maximum atomic E-state index is 11.8. The van der Waals surface area contributed by atoms with Gasteiger partial charge in [-0.15, -0.1) is 0 Å². The maximum absolute atomic E-state index is 11.8. The van der Waals surface area contributed by atoms with E-state index in [0.717, 1.165) is 38.5 Å². The molecule has 3 heteroatoms. The Balaban J connectivity index is 1.75. The first kappa shape index (κ1) is 11.6. The van der Waals surface area contributed by atoms with Crippen molar-refractivity contribution in [3.63, 3.8) is 0 Å². The topological polar surface area (TPSA) is 49.3 Å². The number of hydrogen-bond donors (Lipinski definition) is 2. The third-order valence-electron chi connectivity index (χ3n) is 3.64. The summed E-state index contributed by atoms with van der Waals surface area (Å²) in [7, 11) is 0. The summed E-state index contributed by atoms with van der Waals surface area (Å²) in [6.07, 6.45) is 10.7. The molecule has 1 amide bonds. The second-order valence-electron chi connectivity index (χ2n) is 5.00. The van der Waals surface area contributed by atoms with Gasteiger partial charge in [0, 0.05) is 6.42 Å². The van der Waals surface area contributed by atoms with Gasteiger partial charge < -0.3 is 10.4 Å². The highest BCUT2D eigenvalue weighted by Crippen LogP contribution is 2.22. The van der Waals surface area contributed by atoms with Gasteiger partial charge in [0.05, 0.1) is 12.1 Å². The molecule has 0 radical (unpaired) electrons. The van der Waals surface area contributed by atoms with Gasteiger partial charge in [-0.05, 0) is 31.6 Å². The van der Waals surface area contributed by atoms with E-state index < -0.39 is 0 Å². The van der Waals surface area contributed by atoms with Crippen LogP contribution in [0.4, 0.5) is 0 Å². The second kappa shape index (κ2) is 5.48. The van der Waals surface area contributed by atoms with Crippen LogP contribution >= 0.6 is 0 Å². The fourth-order valence-electron chi connectivity index (χ4n) is 2.65. The minimum absolute atomic E-state index is 0.00775. The van der Waals surface area contributed by atoms with Gasteiger partial charge >= 0.3 is 0 Å². The Bertz CT molecular complexity index is 275. The Labute approximate surface area is 96.9 Å². The molecular weight excluding hydrogens is 202 g/mol. The van der Waals surface area contributed by atoms with Crippen LogP contribution in [-0.4, -0.2) is 23.2 Å². The Kier molecular flexibility index (Phi) is 3.99. The van der Waals surface area contributed by atoms with Gasteiger partial charge in [-0.3, -0.25) is 4.79 Å². The largest absolute Gasteiger partial charge is 0.391 e. The van der Waals surface area contributed by atoms with E-state index in [4.69, 9.17) is 0 Å². The Morgan fingerprint density at radius 1 is 1.31 bits per heavy atom. The fourth-order valence-corrected chi connectivity index (χ4v) is 2.65. The van der Waals surface area contributed by atoms with Gasteiger partial charge in [-0.1, -0.05) is 25.0 Å². The van der Waals surface area contributed by atoms with Crippen LogP contribution in [0.1, 0.15) is 44.9 Å². The zero-order valence-corrected chi connectivity index (χ0v) is 9.69. The average Bonchev–Trinajstić information content (AvgIpc) is 2.74. The Hall–Kier alpha value is -0.830. The summed E-state index contributed by atoms with van der Waals surface area (Å²) in [6.45, 7) is 0. The van der Waals surface area contributed by atoms with Crippen molar-refractivity contribution in [3.8, 4) is 0 Å². The first-order valence-corrected chi connectivity index (χ1v) is 6.40. The normalized spacial score (nSPS) is 33.9. The van der Waals surface area contributed by atoms with Crippen molar-refractivity contribution in [2.45, 2.75) is 57.1 Å². The van der Waals surface area contributed by atoms with Crippen LogP contribution in [0.5, 0.6) is 0 Å². The molecule has 2 aliphatic carbocycles. The first-order chi connectivity index (χ1) is 7.75. The van der Waals surface area contributed by atoms with Crippen molar-refractivity contribution in [1.82, 2.24) is 5.32 Å². The predicted octanol–water partition coefficient (Wildman–Crippen LogP) is 1.76. The third kappa shape index (κ3) is 3.08. The van der Waals surface area contributed by atoms with Gasteiger partial charge in [0.25, 0.3) is 0 Å². The molecule has 0 bridgehead atoms. The molecule has 1 fully saturated rings. The highest BCUT2D eigenvalue weighted by molar-refractivity contribution is 5.76. The minimum atomic E-state index is -0.336. The van der Waals surface area contributed by atoms with E-state index in [2.05, 4.69) is 17.5 Å². The summed E-state index contributed by atoms with van der Waals surface area (Å²) < 4.78 is 0. The summed E-state index contributed by atoms with van der Waals surface area (Å²) in [5, 5.41) is 12.7. The zero-order valence-electron chi connectivity index (χ0n) is 9.69. The third-order valence-corrected chi connectivity index (χ3v) is 3.64. The van der Waals surface area contributed by atoms with E-state index in [1.54, 1.807) is 0 Å². The number of nitrogens with one attached hydrogen (secondary N) is 1. The lowest BCUT2D eigenvalue weighted by atomic mass is 9.92. The second-order valence-corrected chi connectivity index (χ2v) is 5.00. The Morgan fingerprint density at radius 3 is 2.81 bits per heavy atom. The van der Waals surface area contributed by atoms with E-state index in [1.165, 1.54) is 0 Å². The molecule has 0 aromatic rings. The van der Waals surface area contributed by atoms with Crippen molar-refractivity contribution in [2.24, 2.45) is 5.92 Å². The predicted molar refractivity (Wildman–Crippen MR) is 62.9 cm³/mol. The zero-order chi connectivity index (χ0) is 11.4. The lowest BCUT2D eigenvalue weighted by Crippen LogP contribution is -2.45. The average molecular weight is 223 g/mol. The molecule has 2 N–H and O–H groups in total. The number of aliphatic hydroxyl groups excluding tert-OH is 1. The van der Waals surface area contributed by atoms with Crippen LogP contribution in [0.25, 0.3) is 0 Å². The molecule has 0 aromatic heterocycles. The van der Waals surface area contributed by atoms with Gasteiger partial charge in [-0.25, -0.2) is 0 Å². The molecule has 0 aromatic carbocycles. The van der Waals surface area contributed by atoms with Crippen molar-refractivity contribution >= 4 is 5.91 Å². The summed E-state index contributed by atoms with van der Waals surface area (Å²) in [6, 6.07) is -0.00775. The van der Waals surface area contributed by atoms with E-state index >= 15 is 0 Å². The molecule has 16 heavy (non-hydrogen) atoms. The SMILES string of the molecule is O=C(CC1C=CCC1)NC1CCCCC1O. The molecule has 2 rings (SSSR count). The molecule has 0 spiro atoms. The van der Waals surface area contributed by atoms with E-state index in [9.17, 15) is 9.90 Å². The molecule has 3 atom stereocenters. The smallest absolute Gasteiger partial charge is 0.220 e. The summed E-state index contributed by atoms with van der Waals surface area (Å²) in [4.78, 5) is 11.8. The molecule has 90 valence electrons. The quantitative estimate of drug-likeness (QED) is 0.716. The van der Waals surface area contributed by atoms with Crippen LogP contribution in [0, 0.1) is 5.92 Å². The van der Waals surface area contributed by atoms with Crippen molar-refractivity contribution in [1.29, 1.82) is 0 Å². The summed E-state index contributed by atoms with van der Waals surface area (Å²) >= 11 is 0. The standard InChI is InChI=1S/C13H21NO2/c15-12-8-4-3-7-11(12)14-13(16)9-10-5-1-2-6-10/h1,5,10-12,15H,2-4,6-9H2,(H,14,16). The molecule has 3 unspecified atom stereocenters. The van der Waals surface area contributed by atoms with E-state index in [0.29, 0.717) is 12.3 Å². The molecule has 3 nitrogen and oxygen atoms in total. The molecule has 0 heterocycles.